The molecule has 3 aliphatic rings. The molecule has 0 bridgehead atoms. The van der Waals surface area contributed by atoms with Crippen LogP contribution in [0.25, 0.3) is 21.8 Å². The zero-order valence-electron chi connectivity index (χ0n) is 21.6. The van der Waals surface area contributed by atoms with Crippen LogP contribution in [-0.4, -0.2) is 16.6 Å². The number of rotatable bonds is 4. The summed E-state index contributed by atoms with van der Waals surface area (Å²) in [6.07, 6.45) is 16.5. The largest absolute Gasteiger partial charge is 0.348 e. The molecule has 2 heterocycles. The summed E-state index contributed by atoms with van der Waals surface area (Å²) in [5.41, 5.74) is 5.77. The fourth-order valence-electron chi connectivity index (χ4n) is 6.15. The second-order valence-corrected chi connectivity index (χ2v) is 10.6. The predicted molar refractivity (Wildman–Crippen MR) is 158 cm³/mol. The Morgan fingerprint density at radius 3 is 2.29 bits per heavy atom. The Bertz CT molecular complexity index is 1610. The monoisotopic (exact) mass is 496 g/mol. The minimum absolute atomic E-state index is 0.105. The molecule has 2 aliphatic carbocycles. The van der Waals surface area contributed by atoms with Crippen LogP contribution in [0.15, 0.2) is 131 Å². The second-order valence-electron chi connectivity index (χ2n) is 10.6. The molecule has 188 valence electrons. The van der Waals surface area contributed by atoms with Crippen molar-refractivity contribution in [2.75, 3.05) is 0 Å². The Morgan fingerprint density at radius 2 is 1.58 bits per heavy atom. The van der Waals surface area contributed by atoms with Gasteiger partial charge in [-0.3, -0.25) is 5.32 Å². The molecule has 0 saturated heterocycles. The summed E-state index contributed by atoms with van der Waals surface area (Å²) in [6.45, 7) is 2.22. The zero-order chi connectivity index (χ0) is 25.5. The van der Waals surface area contributed by atoms with Gasteiger partial charge < -0.3 is 9.88 Å². The maximum absolute atomic E-state index is 5.25. The van der Waals surface area contributed by atoms with Gasteiger partial charge in [0.05, 0.1) is 6.04 Å². The SMILES string of the molecule is CC1(c2ccccc2)NC(C2=CC=CC(n3c4ccccc4c4ccccc43)C2)=NC(C2=CCCC=C2)N1. The first-order valence-electron chi connectivity index (χ1n) is 13.6. The third-order valence-electron chi connectivity index (χ3n) is 8.06. The molecule has 38 heavy (non-hydrogen) atoms. The lowest BCUT2D eigenvalue weighted by Crippen LogP contribution is -2.61. The first-order chi connectivity index (χ1) is 18.7. The Morgan fingerprint density at radius 1 is 0.868 bits per heavy atom. The van der Waals surface area contributed by atoms with Gasteiger partial charge in [-0.25, -0.2) is 4.99 Å². The van der Waals surface area contributed by atoms with E-state index in [1.54, 1.807) is 0 Å². The number of aromatic nitrogens is 1. The van der Waals surface area contributed by atoms with Crippen molar-refractivity contribution in [3.63, 3.8) is 0 Å². The smallest absolute Gasteiger partial charge is 0.129 e. The van der Waals surface area contributed by atoms with Crippen molar-refractivity contribution >= 4 is 27.6 Å². The number of aliphatic imine (C=N–C) groups is 1. The summed E-state index contributed by atoms with van der Waals surface area (Å²) in [6, 6.07) is 28.3. The first kappa shape index (κ1) is 23.0. The van der Waals surface area contributed by atoms with Gasteiger partial charge in [0.1, 0.15) is 17.7 Å². The van der Waals surface area contributed by atoms with Crippen molar-refractivity contribution in [1.29, 1.82) is 0 Å². The van der Waals surface area contributed by atoms with Crippen molar-refractivity contribution in [2.24, 2.45) is 4.99 Å². The zero-order valence-corrected chi connectivity index (χ0v) is 21.6. The molecule has 4 heteroatoms. The summed E-state index contributed by atoms with van der Waals surface area (Å²) in [7, 11) is 0. The lowest BCUT2D eigenvalue weighted by atomic mass is 9.93. The van der Waals surface area contributed by atoms with Gasteiger partial charge in [0.15, 0.2) is 0 Å². The Labute approximate surface area is 223 Å². The van der Waals surface area contributed by atoms with E-state index in [1.165, 1.54) is 38.5 Å². The molecule has 2 N–H and O–H groups in total. The fourth-order valence-corrected chi connectivity index (χ4v) is 6.15. The molecule has 7 rings (SSSR count). The molecule has 1 aromatic heterocycles. The summed E-state index contributed by atoms with van der Waals surface area (Å²) in [5, 5.41) is 10.2. The van der Waals surface area contributed by atoms with Crippen molar-refractivity contribution in [3.05, 3.63) is 132 Å². The predicted octanol–water partition coefficient (Wildman–Crippen LogP) is 7.29. The number of nitrogens with one attached hydrogen (secondary N) is 2. The van der Waals surface area contributed by atoms with E-state index in [4.69, 9.17) is 4.99 Å². The standard InChI is InChI=1S/C34H32N4/c1-34(26-16-6-3-7-17-26)36-32(24-13-4-2-5-14-24)35-33(37-34)25-15-12-18-27(23-25)38-30-21-10-8-19-28(30)29-20-9-11-22-31(29)38/h3-4,6-22,27,32,36H,2,5,23H2,1H3,(H,35,37). The first-order valence-corrected chi connectivity index (χ1v) is 13.6. The molecule has 0 spiro atoms. The highest BCUT2D eigenvalue weighted by Gasteiger charge is 2.36. The molecule has 4 nitrogen and oxygen atoms in total. The number of para-hydroxylation sites is 2. The quantitative estimate of drug-likeness (QED) is 0.311. The lowest BCUT2D eigenvalue weighted by molar-refractivity contribution is 0.292. The van der Waals surface area contributed by atoms with Gasteiger partial charge >= 0.3 is 0 Å². The van der Waals surface area contributed by atoms with Crippen LogP contribution in [0.3, 0.4) is 0 Å². The highest BCUT2D eigenvalue weighted by molar-refractivity contribution is 6.08. The van der Waals surface area contributed by atoms with Crippen molar-refractivity contribution in [2.45, 2.75) is 44.1 Å². The maximum atomic E-state index is 5.25. The molecular weight excluding hydrogens is 464 g/mol. The highest BCUT2D eigenvalue weighted by Crippen LogP contribution is 2.36. The van der Waals surface area contributed by atoms with Gasteiger partial charge in [-0.15, -0.1) is 0 Å². The molecule has 0 fully saturated rings. The minimum atomic E-state index is -0.445. The molecule has 0 radical (unpaired) electrons. The summed E-state index contributed by atoms with van der Waals surface area (Å²) in [5.74, 6) is 0.968. The van der Waals surface area contributed by atoms with Gasteiger partial charge in [-0.05, 0) is 48.6 Å². The van der Waals surface area contributed by atoms with Crippen LogP contribution in [-0.2, 0) is 5.66 Å². The van der Waals surface area contributed by atoms with Gasteiger partial charge in [0, 0.05) is 28.2 Å². The van der Waals surface area contributed by atoms with E-state index in [-0.39, 0.29) is 12.2 Å². The molecule has 0 saturated carbocycles. The van der Waals surface area contributed by atoms with Gasteiger partial charge in [0.25, 0.3) is 0 Å². The normalized spacial score (nSPS) is 25.1. The van der Waals surface area contributed by atoms with Crippen molar-refractivity contribution in [3.8, 4) is 0 Å². The van der Waals surface area contributed by atoms with Crippen LogP contribution in [0.1, 0.15) is 37.8 Å². The number of hydrogen-bond acceptors (Lipinski definition) is 3. The van der Waals surface area contributed by atoms with Gasteiger partial charge in [-0.2, -0.15) is 0 Å². The van der Waals surface area contributed by atoms with Crippen molar-refractivity contribution in [1.82, 2.24) is 15.2 Å². The van der Waals surface area contributed by atoms with Crippen LogP contribution in [0.4, 0.5) is 0 Å². The number of benzene rings is 3. The third-order valence-corrected chi connectivity index (χ3v) is 8.06. The summed E-state index contributed by atoms with van der Waals surface area (Å²) >= 11 is 0. The summed E-state index contributed by atoms with van der Waals surface area (Å²) in [4.78, 5) is 5.25. The minimum Gasteiger partial charge on any atom is -0.348 e. The Hall–Kier alpha value is -4.15. The Kier molecular flexibility index (Phi) is 5.63. The molecular formula is C34H32N4. The summed E-state index contributed by atoms with van der Waals surface area (Å²) < 4.78 is 2.50. The molecule has 3 aromatic carbocycles. The van der Waals surface area contributed by atoms with E-state index in [0.717, 1.165) is 25.1 Å². The van der Waals surface area contributed by atoms with Crippen LogP contribution in [0, 0.1) is 0 Å². The average molecular weight is 497 g/mol. The van der Waals surface area contributed by atoms with E-state index in [0.29, 0.717) is 0 Å². The Balaban J connectivity index is 1.28. The topological polar surface area (TPSA) is 41.4 Å². The fraction of sp³-hybridized carbons (Fsp3) is 0.206. The third kappa shape index (κ3) is 3.93. The molecule has 1 aliphatic heterocycles. The van der Waals surface area contributed by atoms with E-state index in [2.05, 4.69) is 137 Å². The average Bonchev–Trinajstić information content (AvgIpc) is 3.32. The van der Waals surface area contributed by atoms with Crippen LogP contribution in [0.2, 0.25) is 0 Å². The molecule has 4 aromatic rings. The van der Waals surface area contributed by atoms with Crippen LogP contribution < -0.4 is 10.6 Å². The number of amidine groups is 1. The highest BCUT2D eigenvalue weighted by atomic mass is 15.3. The molecule has 3 unspecified atom stereocenters. The maximum Gasteiger partial charge on any atom is 0.129 e. The molecule has 0 amide bonds. The lowest BCUT2D eigenvalue weighted by Gasteiger charge is -2.42. The van der Waals surface area contributed by atoms with Crippen molar-refractivity contribution < 1.29 is 0 Å². The van der Waals surface area contributed by atoms with E-state index < -0.39 is 5.66 Å². The van der Waals surface area contributed by atoms with Crippen LogP contribution >= 0.6 is 0 Å². The van der Waals surface area contributed by atoms with Crippen LogP contribution in [0.5, 0.6) is 0 Å². The van der Waals surface area contributed by atoms with E-state index in [1.807, 2.05) is 0 Å². The van der Waals surface area contributed by atoms with Gasteiger partial charge in [0.2, 0.25) is 0 Å². The number of allylic oxidation sites excluding steroid dienone is 5. The van der Waals surface area contributed by atoms with Gasteiger partial charge in [-0.1, -0.05) is 103 Å². The number of fused-ring (bicyclic) bond motifs is 3. The number of nitrogens with zero attached hydrogens (tertiary/aromatic N) is 2. The molecule has 3 atom stereocenters. The number of hydrogen-bond donors (Lipinski definition) is 2. The van der Waals surface area contributed by atoms with E-state index >= 15 is 0 Å². The van der Waals surface area contributed by atoms with E-state index in [9.17, 15) is 0 Å². The second kappa shape index (κ2) is 9.30.